The van der Waals surface area contributed by atoms with E-state index in [0.29, 0.717) is 5.02 Å². The van der Waals surface area contributed by atoms with Crippen LogP contribution >= 0.6 is 23.4 Å². The molecule has 0 saturated heterocycles. The van der Waals surface area contributed by atoms with Crippen LogP contribution < -0.4 is 10.6 Å². The molecule has 1 aliphatic rings. The number of halogens is 1. The predicted molar refractivity (Wildman–Crippen MR) is 86.5 cm³/mol. The van der Waals surface area contributed by atoms with Crippen LogP contribution in [0, 0.1) is 0 Å². The second kappa shape index (κ2) is 8.29. The van der Waals surface area contributed by atoms with Crippen molar-refractivity contribution in [1.82, 2.24) is 10.6 Å². The Balaban J connectivity index is 1.62. The van der Waals surface area contributed by atoms with E-state index in [9.17, 15) is 9.59 Å². The minimum Gasteiger partial charge on any atom is -0.335 e. The molecule has 2 rings (SSSR count). The summed E-state index contributed by atoms with van der Waals surface area (Å²) in [5, 5.41) is 5.90. The van der Waals surface area contributed by atoms with Gasteiger partial charge in [0, 0.05) is 16.8 Å². The summed E-state index contributed by atoms with van der Waals surface area (Å²) in [6.45, 7) is 0. The lowest BCUT2D eigenvalue weighted by Gasteiger charge is -2.12. The van der Waals surface area contributed by atoms with Gasteiger partial charge in [-0.15, -0.1) is 11.8 Å². The largest absolute Gasteiger partial charge is 0.335 e. The lowest BCUT2D eigenvalue weighted by atomic mass is 10.2. The summed E-state index contributed by atoms with van der Waals surface area (Å²) in [5.41, 5.74) is 1.10. The molecular weight excluding hydrogens is 308 g/mol. The highest BCUT2D eigenvalue weighted by Crippen LogP contribution is 2.17. The van der Waals surface area contributed by atoms with Gasteiger partial charge in [-0.25, -0.2) is 4.79 Å². The average Bonchev–Trinajstić information content (AvgIpc) is 2.93. The van der Waals surface area contributed by atoms with Gasteiger partial charge in [-0.3, -0.25) is 10.1 Å². The fourth-order valence-electron chi connectivity index (χ4n) is 2.30. The normalized spacial score (nSPS) is 14.9. The van der Waals surface area contributed by atoms with Gasteiger partial charge in [0.1, 0.15) is 0 Å². The molecule has 1 aromatic carbocycles. The molecular formula is C15H19ClN2O2S. The van der Waals surface area contributed by atoms with Crippen molar-refractivity contribution in [2.24, 2.45) is 0 Å². The second-order valence-corrected chi connectivity index (χ2v) is 6.54. The Morgan fingerprint density at radius 3 is 2.52 bits per heavy atom. The molecule has 1 aliphatic carbocycles. The van der Waals surface area contributed by atoms with Crippen molar-refractivity contribution in [3.63, 3.8) is 0 Å². The van der Waals surface area contributed by atoms with Crippen molar-refractivity contribution in [3.05, 3.63) is 34.9 Å². The molecule has 2 N–H and O–H groups in total. The van der Waals surface area contributed by atoms with Crippen LogP contribution in [0.3, 0.4) is 0 Å². The van der Waals surface area contributed by atoms with Crippen LogP contribution in [0.4, 0.5) is 4.79 Å². The summed E-state index contributed by atoms with van der Waals surface area (Å²) in [7, 11) is 0. The lowest BCUT2D eigenvalue weighted by molar-refractivity contribution is -0.117. The summed E-state index contributed by atoms with van der Waals surface area (Å²) in [5.74, 6) is 0.722. The molecule has 0 heterocycles. The molecule has 0 unspecified atom stereocenters. The number of urea groups is 1. The van der Waals surface area contributed by atoms with Gasteiger partial charge < -0.3 is 5.32 Å². The minimum atomic E-state index is -0.376. The van der Waals surface area contributed by atoms with Crippen LogP contribution in [0.2, 0.25) is 5.02 Å². The molecule has 0 radical (unpaired) electrons. The molecule has 3 amide bonds. The van der Waals surface area contributed by atoms with Gasteiger partial charge in [0.05, 0.1) is 5.75 Å². The number of nitrogens with one attached hydrogen (secondary N) is 2. The van der Waals surface area contributed by atoms with Crippen molar-refractivity contribution in [1.29, 1.82) is 0 Å². The first-order chi connectivity index (χ1) is 10.1. The molecule has 0 atom stereocenters. The van der Waals surface area contributed by atoms with E-state index in [2.05, 4.69) is 10.6 Å². The molecule has 0 bridgehead atoms. The van der Waals surface area contributed by atoms with Gasteiger partial charge in [-0.2, -0.15) is 0 Å². The van der Waals surface area contributed by atoms with Crippen molar-refractivity contribution in [2.45, 2.75) is 37.5 Å². The van der Waals surface area contributed by atoms with Crippen LogP contribution in [0.1, 0.15) is 31.2 Å². The Kier molecular flexibility index (Phi) is 6.39. The highest BCUT2D eigenvalue weighted by molar-refractivity contribution is 7.99. The number of benzene rings is 1. The number of carbonyl (C=O) groups excluding carboxylic acids is 2. The van der Waals surface area contributed by atoms with Gasteiger partial charge in [0.2, 0.25) is 5.91 Å². The zero-order valence-electron chi connectivity index (χ0n) is 11.7. The molecule has 1 aromatic rings. The molecule has 114 valence electrons. The molecule has 0 spiro atoms. The number of hydrogen-bond donors (Lipinski definition) is 2. The van der Waals surface area contributed by atoms with Crippen LogP contribution in [0.25, 0.3) is 0 Å². The van der Waals surface area contributed by atoms with E-state index in [1.54, 1.807) is 0 Å². The third kappa shape index (κ3) is 5.98. The van der Waals surface area contributed by atoms with Crippen molar-refractivity contribution < 1.29 is 9.59 Å². The molecule has 21 heavy (non-hydrogen) atoms. The first-order valence-electron chi connectivity index (χ1n) is 7.06. The van der Waals surface area contributed by atoms with Gasteiger partial charge in [-0.1, -0.05) is 36.6 Å². The maximum atomic E-state index is 11.7. The Morgan fingerprint density at radius 1 is 1.19 bits per heavy atom. The highest BCUT2D eigenvalue weighted by atomic mass is 35.5. The van der Waals surface area contributed by atoms with Gasteiger partial charge in [-0.05, 0) is 30.5 Å². The molecule has 0 aliphatic heterocycles. The standard InChI is InChI=1S/C15H19ClN2O2S/c16-12-7-5-11(6-8-12)9-21-10-14(19)18-15(20)17-13-3-1-2-4-13/h5-8,13H,1-4,9-10H2,(H2,17,18,19,20). The highest BCUT2D eigenvalue weighted by Gasteiger charge is 2.17. The zero-order valence-corrected chi connectivity index (χ0v) is 13.3. The quantitative estimate of drug-likeness (QED) is 0.872. The molecule has 1 fully saturated rings. The van der Waals surface area contributed by atoms with Crippen molar-refractivity contribution in [3.8, 4) is 0 Å². The van der Waals surface area contributed by atoms with E-state index in [4.69, 9.17) is 11.6 Å². The third-order valence-electron chi connectivity index (χ3n) is 3.36. The molecule has 4 nitrogen and oxygen atoms in total. The number of hydrogen-bond acceptors (Lipinski definition) is 3. The molecule has 6 heteroatoms. The van der Waals surface area contributed by atoms with Gasteiger partial charge in [0.25, 0.3) is 0 Å². The summed E-state index contributed by atoms with van der Waals surface area (Å²) in [4.78, 5) is 23.3. The van der Waals surface area contributed by atoms with E-state index in [0.717, 1.165) is 37.0 Å². The lowest BCUT2D eigenvalue weighted by Crippen LogP contribution is -2.44. The Bertz CT molecular complexity index is 487. The number of amides is 3. The van der Waals surface area contributed by atoms with E-state index >= 15 is 0 Å². The summed E-state index contributed by atoms with van der Waals surface area (Å²) >= 11 is 7.28. The monoisotopic (exact) mass is 326 g/mol. The van der Waals surface area contributed by atoms with Gasteiger partial charge in [0.15, 0.2) is 0 Å². The summed E-state index contributed by atoms with van der Waals surface area (Å²) in [6.07, 6.45) is 4.31. The predicted octanol–water partition coefficient (Wildman–Crippen LogP) is 3.34. The molecule has 0 aromatic heterocycles. The summed E-state index contributed by atoms with van der Waals surface area (Å²) < 4.78 is 0. The zero-order chi connectivity index (χ0) is 15.1. The van der Waals surface area contributed by atoms with Crippen LogP contribution in [0.5, 0.6) is 0 Å². The third-order valence-corrected chi connectivity index (χ3v) is 4.61. The Hall–Kier alpha value is -1.20. The topological polar surface area (TPSA) is 58.2 Å². The summed E-state index contributed by atoms with van der Waals surface area (Å²) in [6, 6.07) is 7.36. The van der Waals surface area contributed by atoms with E-state index in [1.807, 2.05) is 24.3 Å². The SMILES string of the molecule is O=C(CSCc1ccc(Cl)cc1)NC(=O)NC1CCCC1. The smallest absolute Gasteiger partial charge is 0.321 e. The first-order valence-corrected chi connectivity index (χ1v) is 8.59. The van der Waals surface area contributed by atoms with Crippen LogP contribution in [0.15, 0.2) is 24.3 Å². The van der Waals surface area contributed by atoms with Crippen LogP contribution in [-0.4, -0.2) is 23.7 Å². The van der Waals surface area contributed by atoms with Crippen LogP contribution in [-0.2, 0) is 10.5 Å². The fourth-order valence-corrected chi connectivity index (χ4v) is 3.21. The number of carbonyl (C=O) groups is 2. The Morgan fingerprint density at radius 2 is 1.86 bits per heavy atom. The second-order valence-electron chi connectivity index (χ2n) is 5.12. The first kappa shape index (κ1) is 16.2. The van der Waals surface area contributed by atoms with Crippen molar-refractivity contribution in [2.75, 3.05) is 5.75 Å². The number of thioether (sulfide) groups is 1. The maximum absolute atomic E-state index is 11.7. The minimum absolute atomic E-state index is 0.222. The average molecular weight is 327 g/mol. The van der Waals surface area contributed by atoms with E-state index in [-0.39, 0.29) is 23.7 Å². The fraction of sp³-hybridized carbons (Fsp3) is 0.467. The van der Waals surface area contributed by atoms with Crippen molar-refractivity contribution >= 4 is 35.3 Å². The number of rotatable bonds is 5. The van der Waals surface area contributed by atoms with Gasteiger partial charge >= 0.3 is 6.03 Å². The molecule has 1 saturated carbocycles. The van der Waals surface area contributed by atoms with E-state index < -0.39 is 0 Å². The van der Waals surface area contributed by atoms with E-state index in [1.165, 1.54) is 11.8 Å². The Labute approximate surface area is 134 Å². The maximum Gasteiger partial charge on any atom is 0.321 e. The number of imide groups is 1.